The number of fused-ring (bicyclic) bond motifs is 3. The molecule has 2 aromatic heterocycles. The monoisotopic (exact) mass is 384 g/mol. The molecule has 1 saturated carbocycles. The molecular weight excluding hydrogens is 367 g/mol. The van der Waals surface area contributed by atoms with Crippen molar-refractivity contribution in [3.05, 3.63) is 57.2 Å². The third-order valence-electron chi connectivity index (χ3n) is 5.13. The van der Waals surface area contributed by atoms with E-state index >= 15 is 0 Å². The zero-order valence-corrected chi connectivity index (χ0v) is 15.3. The minimum absolute atomic E-state index is 0.0317. The Bertz CT molecular complexity index is 1120. The fraction of sp³-hybridized carbons (Fsp3) is 0.316. The molecule has 1 N–H and O–H groups in total. The van der Waals surface area contributed by atoms with Gasteiger partial charge < -0.3 is 10.2 Å². The van der Waals surface area contributed by atoms with Gasteiger partial charge in [0.2, 0.25) is 0 Å². The van der Waals surface area contributed by atoms with Crippen molar-refractivity contribution in [1.29, 1.82) is 0 Å². The van der Waals surface area contributed by atoms with Crippen LogP contribution in [0.4, 0.5) is 14.9 Å². The lowest BCUT2D eigenvalue weighted by atomic mass is 10.1. The van der Waals surface area contributed by atoms with Crippen LogP contribution in [0.25, 0.3) is 10.2 Å². The molecule has 0 bridgehead atoms. The average Bonchev–Trinajstić information content (AvgIpc) is 3.43. The minimum Gasteiger partial charge on any atom is -0.319 e. The second kappa shape index (κ2) is 6.16. The third kappa shape index (κ3) is 2.80. The van der Waals surface area contributed by atoms with Crippen molar-refractivity contribution in [3.8, 4) is 0 Å². The molecule has 0 saturated heterocycles. The largest absolute Gasteiger partial charge is 0.322 e. The van der Waals surface area contributed by atoms with E-state index in [0.29, 0.717) is 24.9 Å². The molecule has 3 aromatic rings. The maximum Gasteiger partial charge on any atom is 0.322 e. The van der Waals surface area contributed by atoms with Crippen LogP contribution in [-0.2, 0) is 13.0 Å². The summed E-state index contributed by atoms with van der Waals surface area (Å²) in [5.74, 6) is -0.463. The Morgan fingerprint density at radius 1 is 1.30 bits per heavy atom. The maximum atomic E-state index is 13.8. The number of hydrogen-bond acceptors (Lipinski definition) is 4. The van der Waals surface area contributed by atoms with Crippen LogP contribution in [-0.4, -0.2) is 27.0 Å². The summed E-state index contributed by atoms with van der Waals surface area (Å²) in [6, 6.07) is 6.05. The number of hydrogen-bond donors (Lipinski definition) is 1. The molecule has 2 amide bonds. The van der Waals surface area contributed by atoms with E-state index in [4.69, 9.17) is 0 Å². The van der Waals surface area contributed by atoms with Gasteiger partial charge in [0.1, 0.15) is 10.6 Å². The predicted octanol–water partition coefficient (Wildman–Crippen LogP) is 3.52. The summed E-state index contributed by atoms with van der Waals surface area (Å²) < 4.78 is 15.5. The highest BCUT2D eigenvalue weighted by atomic mass is 32.1. The van der Waals surface area contributed by atoms with Crippen LogP contribution in [0, 0.1) is 5.82 Å². The Morgan fingerprint density at radius 2 is 2.11 bits per heavy atom. The molecule has 8 heteroatoms. The second-order valence-electron chi connectivity index (χ2n) is 6.95. The molecule has 0 spiro atoms. The quantitative estimate of drug-likeness (QED) is 0.735. The summed E-state index contributed by atoms with van der Waals surface area (Å²) in [6.45, 7) is 0.885. The molecule has 27 heavy (non-hydrogen) atoms. The Kier molecular flexibility index (Phi) is 3.75. The fourth-order valence-electron chi connectivity index (χ4n) is 3.54. The number of rotatable bonds is 2. The summed E-state index contributed by atoms with van der Waals surface area (Å²) in [5, 5.41) is 3.33. The average molecular weight is 384 g/mol. The summed E-state index contributed by atoms with van der Waals surface area (Å²) in [5.41, 5.74) is 1.21. The maximum absolute atomic E-state index is 13.8. The van der Waals surface area contributed by atoms with Crippen molar-refractivity contribution in [3.63, 3.8) is 0 Å². The van der Waals surface area contributed by atoms with E-state index in [9.17, 15) is 14.0 Å². The van der Waals surface area contributed by atoms with Crippen molar-refractivity contribution in [1.82, 2.24) is 14.5 Å². The third-order valence-corrected chi connectivity index (χ3v) is 6.25. The Hall–Kier alpha value is -2.74. The van der Waals surface area contributed by atoms with Gasteiger partial charge in [-0.2, -0.15) is 0 Å². The molecular formula is C19H17FN4O2S. The number of nitrogens with one attached hydrogen (secondary N) is 1. The van der Waals surface area contributed by atoms with Crippen LogP contribution >= 0.6 is 11.3 Å². The van der Waals surface area contributed by atoms with E-state index in [0.717, 1.165) is 28.1 Å². The number of halogens is 1. The van der Waals surface area contributed by atoms with Crippen LogP contribution in [0.15, 0.2) is 35.4 Å². The van der Waals surface area contributed by atoms with Gasteiger partial charge in [-0.05, 0) is 37.0 Å². The number of benzene rings is 1. The van der Waals surface area contributed by atoms with E-state index in [1.54, 1.807) is 27.9 Å². The molecule has 1 aliphatic carbocycles. The summed E-state index contributed by atoms with van der Waals surface area (Å²) in [7, 11) is 0. The van der Waals surface area contributed by atoms with Crippen LogP contribution in [0.3, 0.4) is 0 Å². The fourth-order valence-corrected chi connectivity index (χ4v) is 4.73. The highest BCUT2D eigenvalue weighted by Gasteiger charge is 2.29. The number of urea groups is 1. The van der Waals surface area contributed by atoms with Crippen LogP contribution in [0.2, 0.25) is 0 Å². The Labute approximate surface area is 158 Å². The number of para-hydroxylation sites is 1. The zero-order valence-electron chi connectivity index (χ0n) is 14.4. The molecule has 6 nitrogen and oxygen atoms in total. The number of nitrogens with zero attached hydrogens (tertiary/aromatic N) is 3. The van der Waals surface area contributed by atoms with Gasteiger partial charge in [0, 0.05) is 17.5 Å². The van der Waals surface area contributed by atoms with Crippen molar-refractivity contribution in [2.24, 2.45) is 0 Å². The molecule has 0 atom stereocenters. The van der Waals surface area contributed by atoms with Crippen molar-refractivity contribution >= 4 is 33.3 Å². The topological polar surface area (TPSA) is 67.2 Å². The first-order chi connectivity index (χ1) is 13.1. The van der Waals surface area contributed by atoms with Gasteiger partial charge in [-0.3, -0.25) is 9.36 Å². The smallest absolute Gasteiger partial charge is 0.319 e. The van der Waals surface area contributed by atoms with Gasteiger partial charge in [0.05, 0.1) is 23.9 Å². The zero-order chi connectivity index (χ0) is 18.5. The number of anilines is 1. The predicted molar refractivity (Wildman–Crippen MR) is 102 cm³/mol. The van der Waals surface area contributed by atoms with Gasteiger partial charge in [-0.1, -0.05) is 12.1 Å². The molecule has 138 valence electrons. The van der Waals surface area contributed by atoms with Crippen molar-refractivity contribution in [2.75, 3.05) is 11.9 Å². The van der Waals surface area contributed by atoms with Gasteiger partial charge in [-0.15, -0.1) is 11.3 Å². The molecule has 0 radical (unpaired) electrons. The SMILES string of the molecule is O=C(Nc1ccccc1F)N1CCc2c(sc3ncn(C4CC4)c(=O)c23)C1. The molecule has 5 rings (SSSR count). The summed E-state index contributed by atoms with van der Waals surface area (Å²) >= 11 is 1.47. The number of carbonyl (C=O) groups is 1. The molecule has 1 aliphatic heterocycles. The summed E-state index contributed by atoms with van der Waals surface area (Å²) in [4.78, 5) is 33.2. The minimum atomic E-state index is -0.463. The van der Waals surface area contributed by atoms with E-state index in [2.05, 4.69) is 10.3 Å². The van der Waals surface area contributed by atoms with Crippen molar-refractivity contribution < 1.29 is 9.18 Å². The van der Waals surface area contributed by atoms with E-state index in [1.165, 1.54) is 23.5 Å². The highest BCUT2D eigenvalue weighted by molar-refractivity contribution is 7.18. The molecule has 3 heterocycles. The molecule has 1 fully saturated rings. The number of thiophene rings is 1. The first-order valence-corrected chi connectivity index (χ1v) is 9.75. The van der Waals surface area contributed by atoms with E-state index in [1.807, 2.05) is 0 Å². The number of carbonyl (C=O) groups excluding carboxylic acids is 1. The Morgan fingerprint density at radius 3 is 2.89 bits per heavy atom. The van der Waals surface area contributed by atoms with Gasteiger partial charge in [0.25, 0.3) is 5.56 Å². The first-order valence-electron chi connectivity index (χ1n) is 8.93. The van der Waals surface area contributed by atoms with Gasteiger partial charge >= 0.3 is 6.03 Å². The first kappa shape index (κ1) is 16.4. The highest BCUT2D eigenvalue weighted by Crippen LogP contribution is 2.36. The van der Waals surface area contributed by atoms with E-state index in [-0.39, 0.29) is 23.3 Å². The number of amides is 2. The summed E-state index contributed by atoms with van der Waals surface area (Å²) in [6.07, 6.45) is 4.31. The van der Waals surface area contributed by atoms with Gasteiger partial charge in [-0.25, -0.2) is 14.2 Å². The van der Waals surface area contributed by atoms with Gasteiger partial charge in [0.15, 0.2) is 0 Å². The number of aromatic nitrogens is 2. The normalized spacial score (nSPS) is 16.4. The molecule has 0 unspecified atom stereocenters. The molecule has 1 aromatic carbocycles. The molecule has 2 aliphatic rings. The van der Waals surface area contributed by atoms with Crippen molar-refractivity contribution in [2.45, 2.75) is 31.8 Å². The lowest BCUT2D eigenvalue weighted by Crippen LogP contribution is -2.38. The second-order valence-corrected chi connectivity index (χ2v) is 8.04. The lowest BCUT2D eigenvalue weighted by Gasteiger charge is -2.27. The lowest BCUT2D eigenvalue weighted by molar-refractivity contribution is 0.207. The van der Waals surface area contributed by atoms with Crippen LogP contribution < -0.4 is 10.9 Å². The Balaban J connectivity index is 1.43. The van der Waals surface area contributed by atoms with E-state index < -0.39 is 5.82 Å². The van der Waals surface area contributed by atoms with Crippen LogP contribution in [0.1, 0.15) is 29.3 Å². The van der Waals surface area contributed by atoms with Crippen LogP contribution in [0.5, 0.6) is 0 Å². The standard InChI is InChI=1S/C19H17FN4O2S/c20-13-3-1-2-4-14(13)22-19(26)23-8-7-12-15(9-23)27-17-16(12)18(25)24(10-21-17)11-5-6-11/h1-4,10-11H,5-9H2,(H,22,26).